The predicted octanol–water partition coefficient (Wildman–Crippen LogP) is 1.83. The maximum absolute atomic E-state index is 12.3. The third-order valence-electron chi connectivity index (χ3n) is 3.85. The molecular formula is C14H20N2O4S. The van der Waals surface area contributed by atoms with Crippen molar-refractivity contribution in [1.82, 2.24) is 4.72 Å². The van der Waals surface area contributed by atoms with Crippen LogP contribution in [0.2, 0.25) is 0 Å². The number of nitrogens with two attached hydrogens (primary N) is 1. The second-order valence-corrected chi connectivity index (χ2v) is 7.13. The number of carboxylic acid groups (broad SMARTS) is 1. The molecule has 1 saturated carbocycles. The zero-order chi connectivity index (χ0) is 15.5. The van der Waals surface area contributed by atoms with Crippen LogP contribution in [-0.2, 0) is 10.0 Å². The molecule has 21 heavy (non-hydrogen) atoms. The van der Waals surface area contributed by atoms with Crippen molar-refractivity contribution >= 4 is 21.7 Å². The van der Waals surface area contributed by atoms with E-state index in [4.69, 9.17) is 10.8 Å². The van der Waals surface area contributed by atoms with Crippen LogP contribution >= 0.6 is 0 Å². The Hall–Kier alpha value is -1.60. The summed E-state index contributed by atoms with van der Waals surface area (Å²) in [4.78, 5) is 10.9. The quantitative estimate of drug-likeness (QED) is 0.694. The molecule has 0 saturated heterocycles. The first-order chi connectivity index (χ1) is 9.90. The highest BCUT2D eigenvalue weighted by Crippen LogP contribution is 2.27. The van der Waals surface area contributed by atoms with Crippen molar-refractivity contribution in [2.75, 3.05) is 12.3 Å². The number of nitrogens with one attached hydrogen (secondary N) is 1. The number of benzene rings is 1. The van der Waals surface area contributed by atoms with Crippen molar-refractivity contribution in [1.29, 1.82) is 0 Å². The molecule has 1 aromatic rings. The highest BCUT2D eigenvalue weighted by atomic mass is 32.2. The van der Waals surface area contributed by atoms with Gasteiger partial charge in [0.15, 0.2) is 0 Å². The summed E-state index contributed by atoms with van der Waals surface area (Å²) >= 11 is 0. The van der Waals surface area contributed by atoms with E-state index < -0.39 is 16.0 Å². The van der Waals surface area contributed by atoms with Crippen LogP contribution in [0.15, 0.2) is 23.1 Å². The Balaban J connectivity index is 2.11. The lowest BCUT2D eigenvalue weighted by Crippen LogP contribution is -2.27. The van der Waals surface area contributed by atoms with E-state index in [0.29, 0.717) is 12.5 Å². The second kappa shape index (κ2) is 6.44. The number of rotatable bonds is 6. The van der Waals surface area contributed by atoms with Gasteiger partial charge >= 0.3 is 5.97 Å². The summed E-state index contributed by atoms with van der Waals surface area (Å²) in [6, 6.07) is 3.77. The van der Waals surface area contributed by atoms with Gasteiger partial charge in [0.05, 0.1) is 10.5 Å². The third kappa shape index (κ3) is 3.95. The molecule has 0 amide bonds. The predicted molar refractivity (Wildman–Crippen MR) is 79.6 cm³/mol. The van der Waals surface area contributed by atoms with Gasteiger partial charge in [-0.3, -0.25) is 0 Å². The molecule has 0 atom stereocenters. The van der Waals surface area contributed by atoms with E-state index in [1.807, 2.05) is 0 Å². The van der Waals surface area contributed by atoms with Crippen molar-refractivity contribution in [3.63, 3.8) is 0 Å². The highest BCUT2D eigenvalue weighted by Gasteiger charge is 2.23. The van der Waals surface area contributed by atoms with Crippen molar-refractivity contribution in [3.05, 3.63) is 23.8 Å². The molecule has 6 nitrogen and oxygen atoms in total. The van der Waals surface area contributed by atoms with E-state index in [2.05, 4.69) is 4.72 Å². The summed E-state index contributed by atoms with van der Waals surface area (Å²) in [5.74, 6) is -0.723. The topological polar surface area (TPSA) is 109 Å². The lowest BCUT2D eigenvalue weighted by atomic mass is 10.1. The smallest absolute Gasteiger partial charge is 0.337 e. The first kappa shape index (κ1) is 15.8. The molecule has 1 aromatic carbocycles. The van der Waals surface area contributed by atoms with Crippen LogP contribution in [0.25, 0.3) is 0 Å². The minimum Gasteiger partial charge on any atom is -0.478 e. The van der Waals surface area contributed by atoms with E-state index in [-0.39, 0.29) is 16.1 Å². The lowest BCUT2D eigenvalue weighted by molar-refractivity contribution is 0.0692. The summed E-state index contributed by atoms with van der Waals surface area (Å²) in [5, 5.41) is 9.08. The van der Waals surface area contributed by atoms with Gasteiger partial charge in [-0.15, -0.1) is 0 Å². The molecule has 1 fully saturated rings. The van der Waals surface area contributed by atoms with Crippen LogP contribution in [0.4, 0.5) is 5.69 Å². The molecule has 0 aliphatic heterocycles. The molecule has 116 valence electrons. The van der Waals surface area contributed by atoms with Gasteiger partial charge in [0.25, 0.3) is 0 Å². The fourth-order valence-electron chi connectivity index (χ4n) is 2.71. The summed E-state index contributed by atoms with van der Waals surface area (Å²) in [6.07, 6.45) is 5.47. The SMILES string of the molecule is Nc1ccc(C(=O)O)c(S(=O)(=O)NCCC2CCCC2)c1. The number of aromatic carboxylic acids is 1. The maximum Gasteiger partial charge on any atom is 0.337 e. The van der Waals surface area contributed by atoms with Crippen LogP contribution in [0.5, 0.6) is 0 Å². The van der Waals surface area contributed by atoms with E-state index in [9.17, 15) is 13.2 Å². The fraction of sp³-hybridized carbons (Fsp3) is 0.500. The molecule has 0 spiro atoms. The Morgan fingerprint density at radius 1 is 1.33 bits per heavy atom. The Labute approximate surface area is 124 Å². The fourth-order valence-corrected chi connectivity index (χ4v) is 3.99. The average molecular weight is 312 g/mol. The van der Waals surface area contributed by atoms with Crippen LogP contribution in [0, 0.1) is 5.92 Å². The van der Waals surface area contributed by atoms with Gasteiger partial charge < -0.3 is 10.8 Å². The maximum atomic E-state index is 12.3. The molecule has 2 rings (SSSR count). The van der Waals surface area contributed by atoms with Crippen molar-refractivity contribution in [2.24, 2.45) is 5.92 Å². The minimum absolute atomic E-state index is 0.219. The number of sulfonamides is 1. The molecule has 1 aliphatic rings. The Morgan fingerprint density at radius 2 is 2.00 bits per heavy atom. The molecule has 0 bridgehead atoms. The van der Waals surface area contributed by atoms with Crippen LogP contribution in [0.1, 0.15) is 42.5 Å². The van der Waals surface area contributed by atoms with E-state index in [1.54, 1.807) is 0 Å². The summed E-state index contributed by atoms with van der Waals surface area (Å²) in [6.45, 7) is 0.320. The molecule has 7 heteroatoms. The normalized spacial score (nSPS) is 16.2. The molecule has 4 N–H and O–H groups in total. The summed E-state index contributed by atoms with van der Waals surface area (Å²) in [5.41, 5.74) is 5.52. The molecular weight excluding hydrogens is 292 g/mol. The number of carbonyl (C=O) groups is 1. The Bertz CT molecular complexity index is 622. The number of anilines is 1. The van der Waals surface area contributed by atoms with E-state index in [1.165, 1.54) is 31.0 Å². The van der Waals surface area contributed by atoms with Crippen LogP contribution in [-0.4, -0.2) is 26.0 Å². The van der Waals surface area contributed by atoms with Crippen LogP contribution < -0.4 is 10.5 Å². The van der Waals surface area contributed by atoms with Crippen LogP contribution in [0.3, 0.4) is 0 Å². The number of nitrogen functional groups attached to an aromatic ring is 1. The van der Waals surface area contributed by atoms with Gasteiger partial charge in [-0.1, -0.05) is 25.7 Å². The molecule has 1 aliphatic carbocycles. The monoisotopic (exact) mass is 312 g/mol. The van der Waals surface area contributed by atoms with Crippen molar-refractivity contribution in [2.45, 2.75) is 37.0 Å². The van der Waals surface area contributed by atoms with Gasteiger partial charge in [0.2, 0.25) is 10.0 Å². The zero-order valence-corrected chi connectivity index (χ0v) is 12.5. The Kier molecular flexibility index (Phi) is 4.84. The number of hydrogen-bond acceptors (Lipinski definition) is 4. The van der Waals surface area contributed by atoms with Gasteiger partial charge in [-0.2, -0.15) is 0 Å². The molecule has 0 heterocycles. The molecule has 0 unspecified atom stereocenters. The molecule has 0 radical (unpaired) electrons. The third-order valence-corrected chi connectivity index (χ3v) is 5.35. The Morgan fingerprint density at radius 3 is 2.62 bits per heavy atom. The standard InChI is InChI=1S/C14H20N2O4S/c15-11-5-6-12(14(17)18)13(9-11)21(19,20)16-8-7-10-3-1-2-4-10/h5-6,9-10,16H,1-4,7-8,15H2,(H,17,18). The van der Waals surface area contributed by atoms with Crippen molar-refractivity contribution in [3.8, 4) is 0 Å². The first-order valence-corrected chi connectivity index (χ1v) is 8.51. The largest absolute Gasteiger partial charge is 0.478 e. The second-order valence-electron chi connectivity index (χ2n) is 5.40. The van der Waals surface area contributed by atoms with Gasteiger partial charge in [-0.25, -0.2) is 17.9 Å². The van der Waals surface area contributed by atoms with Crippen molar-refractivity contribution < 1.29 is 18.3 Å². The van der Waals surface area contributed by atoms with E-state index in [0.717, 1.165) is 19.3 Å². The van der Waals surface area contributed by atoms with Gasteiger partial charge in [0, 0.05) is 12.2 Å². The summed E-state index contributed by atoms with van der Waals surface area (Å²) in [7, 11) is -3.86. The average Bonchev–Trinajstić information content (AvgIpc) is 2.91. The molecule has 0 aromatic heterocycles. The first-order valence-electron chi connectivity index (χ1n) is 7.02. The highest BCUT2D eigenvalue weighted by molar-refractivity contribution is 7.89. The zero-order valence-electron chi connectivity index (χ0n) is 11.7. The lowest BCUT2D eigenvalue weighted by Gasteiger charge is -2.12. The minimum atomic E-state index is -3.86. The number of carboxylic acids is 1. The van der Waals surface area contributed by atoms with Gasteiger partial charge in [0.1, 0.15) is 0 Å². The number of hydrogen-bond donors (Lipinski definition) is 3. The summed E-state index contributed by atoms with van der Waals surface area (Å²) < 4.78 is 27.0. The van der Waals surface area contributed by atoms with Gasteiger partial charge in [-0.05, 0) is 30.5 Å². The van der Waals surface area contributed by atoms with E-state index >= 15 is 0 Å².